The van der Waals surface area contributed by atoms with E-state index in [-0.39, 0.29) is 17.4 Å². The normalized spacial score (nSPS) is 24.8. The molecule has 0 bridgehead atoms. The van der Waals surface area contributed by atoms with Crippen LogP contribution in [-0.4, -0.2) is 46.6 Å². The summed E-state index contributed by atoms with van der Waals surface area (Å²) in [6.07, 6.45) is 0.548. The maximum atomic E-state index is 12.6. The molecule has 106 valence electrons. The van der Waals surface area contributed by atoms with Gasteiger partial charge in [0.15, 0.2) is 0 Å². The number of carboxylic acid groups (broad SMARTS) is 1. The highest BCUT2D eigenvalue weighted by molar-refractivity contribution is 7.89. The first-order valence-electron chi connectivity index (χ1n) is 6.03. The average molecular weight is 287 g/mol. The highest BCUT2D eigenvalue weighted by atomic mass is 32.2. The first kappa shape index (κ1) is 14.0. The van der Waals surface area contributed by atoms with Gasteiger partial charge < -0.3 is 5.11 Å². The van der Waals surface area contributed by atoms with Gasteiger partial charge in [-0.05, 0) is 26.2 Å². The van der Waals surface area contributed by atoms with Crippen LogP contribution in [0, 0.1) is 19.8 Å². The number of hydrogen-bond acceptors (Lipinski definition) is 4. The van der Waals surface area contributed by atoms with Crippen LogP contribution in [0.4, 0.5) is 0 Å². The minimum atomic E-state index is -3.83. The quantitative estimate of drug-likeness (QED) is 0.843. The van der Waals surface area contributed by atoms with Crippen molar-refractivity contribution >= 4 is 16.0 Å². The zero-order valence-corrected chi connectivity index (χ0v) is 11.9. The summed E-state index contributed by atoms with van der Waals surface area (Å²) in [7, 11) is -3.83. The van der Waals surface area contributed by atoms with Crippen LogP contribution in [0.1, 0.15) is 24.7 Å². The van der Waals surface area contributed by atoms with E-state index in [9.17, 15) is 18.3 Å². The Kier molecular flexibility index (Phi) is 3.40. The summed E-state index contributed by atoms with van der Waals surface area (Å²) >= 11 is 0. The van der Waals surface area contributed by atoms with Gasteiger partial charge in [0.1, 0.15) is 10.9 Å². The summed E-state index contributed by atoms with van der Waals surface area (Å²) < 4.78 is 26.3. The Bertz CT molecular complexity index is 588. The van der Waals surface area contributed by atoms with E-state index >= 15 is 0 Å². The number of sulfonamides is 1. The second-order valence-corrected chi connectivity index (χ2v) is 6.76. The smallest absolute Gasteiger partial charge is 0.322 e. The van der Waals surface area contributed by atoms with Gasteiger partial charge in [0.25, 0.3) is 0 Å². The number of rotatable bonds is 3. The predicted molar refractivity (Wildman–Crippen MR) is 67.2 cm³/mol. The molecule has 0 radical (unpaired) electrons. The molecule has 1 fully saturated rings. The Morgan fingerprint density at radius 3 is 2.58 bits per heavy atom. The van der Waals surface area contributed by atoms with Gasteiger partial charge in [0.05, 0.1) is 11.4 Å². The molecule has 0 spiro atoms. The second-order valence-electron chi connectivity index (χ2n) is 4.93. The van der Waals surface area contributed by atoms with Crippen molar-refractivity contribution in [2.24, 2.45) is 5.92 Å². The summed E-state index contributed by atoms with van der Waals surface area (Å²) in [4.78, 5) is 11.4. The van der Waals surface area contributed by atoms with Crippen molar-refractivity contribution in [3.05, 3.63) is 11.4 Å². The predicted octanol–water partition coefficient (Wildman–Crippen LogP) is 0.510. The maximum absolute atomic E-state index is 12.6. The molecule has 7 nitrogen and oxygen atoms in total. The highest BCUT2D eigenvalue weighted by Crippen LogP contribution is 2.32. The largest absolute Gasteiger partial charge is 0.480 e. The van der Waals surface area contributed by atoms with E-state index in [1.807, 2.05) is 0 Å². The number of carboxylic acids is 1. The van der Waals surface area contributed by atoms with Gasteiger partial charge in [-0.25, -0.2) is 8.42 Å². The lowest BCUT2D eigenvalue weighted by Crippen LogP contribution is -2.42. The zero-order chi connectivity index (χ0) is 14.4. The minimum Gasteiger partial charge on any atom is -0.480 e. The van der Waals surface area contributed by atoms with Crippen molar-refractivity contribution in [3.8, 4) is 0 Å². The lowest BCUT2D eigenvalue weighted by Gasteiger charge is -2.22. The molecule has 1 aliphatic heterocycles. The molecular formula is C11H17N3O4S. The molecule has 2 unspecified atom stereocenters. The van der Waals surface area contributed by atoms with E-state index in [0.717, 1.165) is 4.31 Å². The van der Waals surface area contributed by atoms with Gasteiger partial charge >= 0.3 is 5.97 Å². The molecule has 8 heteroatoms. The number of carbonyl (C=O) groups is 1. The van der Waals surface area contributed by atoms with Crippen LogP contribution in [0.3, 0.4) is 0 Å². The molecule has 1 saturated heterocycles. The van der Waals surface area contributed by atoms with Crippen LogP contribution in [-0.2, 0) is 14.8 Å². The van der Waals surface area contributed by atoms with Gasteiger partial charge in [0, 0.05) is 6.54 Å². The van der Waals surface area contributed by atoms with E-state index < -0.39 is 22.0 Å². The van der Waals surface area contributed by atoms with Crippen LogP contribution >= 0.6 is 0 Å². The fraction of sp³-hybridized carbons (Fsp3) is 0.636. The molecule has 2 heterocycles. The minimum absolute atomic E-state index is 0.0906. The number of hydrogen-bond donors (Lipinski definition) is 2. The molecule has 2 atom stereocenters. The number of aryl methyl sites for hydroxylation is 2. The standard InChI is InChI=1S/C11H17N3O4S/c1-6-4-5-14(9(6)11(15)16)19(17,18)10-7(2)12-13-8(10)3/h6,9H,4-5H2,1-3H3,(H,12,13)(H,15,16). The van der Waals surface area contributed by atoms with Gasteiger partial charge in [-0.3, -0.25) is 9.89 Å². The molecule has 1 aromatic rings. The Morgan fingerprint density at radius 2 is 2.11 bits per heavy atom. The van der Waals surface area contributed by atoms with Crippen molar-refractivity contribution in [2.45, 2.75) is 38.1 Å². The molecule has 0 aliphatic carbocycles. The van der Waals surface area contributed by atoms with E-state index in [0.29, 0.717) is 17.8 Å². The number of H-pyrrole nitrogens is 1. The first-order chi connectivity index (χ1) is 8.76. The summed E-state index contributed by atoms with van der Waals surface area (Å²) in [5.74, 6) is -1.30. The van der Waals surface area contributed by atoms with Crippen molar-refractivity contribution in [1.29, 1.82) is 0 Å². The Morgan fingerprint density at radius 1 is 1.47 bits per heavy atom. The molecular weight excluding hydrogens is 270 g/mol. The van der Waals surface area contributed by atoms with Crippen molar-refractivity contribution < 1.29 is 18.3 Å². The van der Waals surface area contributed by atoms with E-state index in [2.05, 4.69) is 10.2 Å². The Labute approximate surface area is 111 Å². The van der Waals surface area contributed by atoms with Gasteiger partial charge in [0.2, 0.25) is 10.0 Å². The molecule has 0 aromatic carbocycles. The molecule has 19 heavy (non-hydrogen) atoms. The van der Waals surface area contributed by atoms with Gasteiger partial charge in [-0.15, -0.1) is 0 Å². The monoisotopic (exact) mass is 287 g/mol. The third kappa shape index (κ3) is 2.14. The second kappa shape index (κ2) is 4.61. The number of nitrogens with zero attached hydrogens (tertiary/aromatic N) is 2. The summed E-state index contributed by atoms with van der Waals surface area (Å²) in [6.45, 7) is 5.18. The van der Waals surface area contributed by atoms with Crippen molar-refractivity contribution in [2.75, 3.05) is 6.54 Å². The Balaban J connectivity index is 2.49. The third-order valence-electron chi connectivity index (χ3n) is 3.53. The van der Waals surface area contributed by atoms with Gasteiger partial charge in [-0.2, -0.15) is 9.40 Å². The topological polar surface area (TPSA) is 103 Å². The summed E-state index contributed by atoms with van der Waals surface area (Å²) in [6, 6.07) is -1.00. The molecule has 1 aromatic heterocycles. The van der Waals surface area contributed by atoms with E-state index in [1.165, 1.54) is 0 Å². The van der Waals surface area contributed by atoms with Crippen LogP contribution in [0.25, 0.3) is 0 Å². The fourth-order valence-corrected chi connectivity index (χ4v) is 4.61. The molecule has 0 amide bonds. The van der Waals surface area contributed by atoms with Crippen LogP contribution in [0.15, 0.2) is 4.90 Å². The number of aliphatic carboxylic acids is 1. The van der Waals surface area contributed by atoms with E-state index in [4.69, 9.17) is 0 Å². The number of nitrogens with one attached hydrogen (secondary N) is 1. The van der Waals surface area contributed by atoms with Crippen molar-refractivity contribution in [1.82, 2.24) is 14.5 Å². The summed E-state index contributed by atoms with van der Waals surface area (Å²) in [5, 5.41) is 15.7. The zero-order valence-electron chi connectivity index (χ0n) is 11.0. The first-order valence-corrected chi connectivity index (χ1v) is 7.47. The lowest BCUT2D eigenvalue weighted by molar-refractivity contribution is -0.141. The molecule has 2 N–H and O–H groups in total. The van der Waals surface area contributed by atoms with Gasteiger partial charge in [-0.1, -0.05) is 6.92 Å². The lowest BCUT2D eigenvalue weighted by atomic mass is 10.0. The number of aromatic amines is 1. The average Bonchev–Trinajstić information content (AvgIpc) is 2.82. The highest BCUT2D eigenvalue weighted by Gasteiger charge is 2.45. The molecule has 2 rings (SSSR count). The Hall–Kier alpha value is -1.41. The van der Waals surface area contributed by atoms with Crippen molar-refractivity contribution in [3.63, 3.8) is 0 Å². The van der Waals surface area contributed by atoms with Crippen LogP contribution < -0.4 is 0 Å². The fourth-order valence-electron chi connectivity index (χ4n) is 2.59. The molecule has 1 aliphatic rings. The van der Waals surface area contributed by atoms with Crippen LogP contribution in [0.2, 0.25) is 0 Å². The summed E-state index contributed by atoms with van der Waals surface area (Å²) in [5.41, 5.74) is 0.794. The van der Waals surface area contributed by atoms with E-state index in [1.54, 1.807) is 20.8 Å². The maximum Gasteiger partial charge on any atom is 0.322 e. The SMILES string of the molecule is Cc1n[nH]c(C)c1S(=O)(=O)N1CCC(C)C1C(=O)O. The van der Waals surface area contributed by atoms with Crippen LogP contribution in [0.5, 0.6) is 0 Å². The number of aromatic nitrogens is 2. The molecule has 0 saturated carbocycles. The third-order valence-corrected chi connectivity index (χ3v) is 5.68.